The minimum atomic E-state index is -1.67. The van der Waals surface area contributed by atoms with Crippen LogP contribution in [0.1, 0.15) is 103 Å². The molecule has 1 saturated carbocycles. The molecule has 0 amide bonds. The van der Waals surface area contributed by atoms with Gasteiger partial charge in [0, 0.05) is 0 Å². The van der Waals surface area contributed by atoms with Gasteiger partial charge >= 0.3 is 5.97 Å². The third-order valence-electron chi connectivity index (χ3n) is 6.27. The van der Waals surface area contributed by atoms with Crippen LogP contribution in [0.25, 0.3) is 0 Å². The molecule has 0 aromatic carbocycles. The molecule has 1 rings (SSSR count). The number of hydrogen-bond acceptors (Lipinski definition) is 4. The van der Waals surface area contributed by atoms with Crippen molar-refractivity contribution in [1.29, 1.82) is 0 Å². The Hall–Kier alpha value is -0.650. The first kappa shape index (κ1) is 24.4. The lowest BCUT2D eigenvalue weighted by atomic mass is 9.86. The van der Waals surface area contributed by atoms with Crippen LogP contribution in [0.2, 0.25) is 0 Å². The number of aliphatic hydroxyl groups excluding tert-OH is 3. The average molecular weight is 387 g/mol. The molecule has 0 aliphatic heterocycles. The van der Waals surface area contributed by atoms with Crippen LogP contribution in [0.4, 0.5) is 0 Å². The lowest BCUT2D eigenvalue weighted by Gasteiger charge is -2.21. The van der Waals surface area contributed by atoms with E-state index in [1.54, 1.807) is 0 Å². The van der Waals surface area contributed by atoms with Crippen LogP contribution in [-0.2, 0) is 4.79 Å². The SMILES string of the molecule is CCCCCCCC(O)CC[C@H]1CCC[C@@H]1CCCCC(O)C(O)C(=O)O. The van der Waals surface area contributed by atoms with Gasteiger partial charge in [0.25, 0.3) is 0 Å². The number of rotatable bonds is 16. The summed E-state index contributed by atoms with van der Waals surface area (Å²) in [6, 6.07) is 0. The largest absolute Gasteiger partial charge is 0.479 e. The fourth-order valence-electron chi connectivity index (χ4n) is 4.49. The second-order valence-corrected chi connectivity index (χ2v) is 8.52. The molecule has 5 atom stereocenters. The van der Waals surface area contributed by atoms with Gasteiger partial charge in [-0.25, -0.2) is 4.79 Å². The van der Waals surface area contributed by atoms with E-state index in [0.29, 0.717) is 18.3 Å². The Morgan fingerprint density at radius 1 is 0.852 bits per heavy atom. The second kappa shape index (κ2) is 14.4. The Labute approximate surface area is 165 Å². The molecule has 1 aliphatic carbocycles. The molecule has 1 fully saturated rings. The molecule has 160 valence electrons. The van der Waals surface area contributed by atoms with Crippen molar-refractivity contribution in [2.75, 3.05) is 0 Å². The zero-order valence-electron chi connectivity index (χ0n) is 17.2. The van der Waals surface area contributed by atoms with Crippen molar-refractivity contribution >= 4 is 5.97 Å². The number of aliphatic hydroxyl groups is 3. The molecule has 0 spiro atoms. The quantitative estimate of drug-likeness (QED) is 0.297. The summed E-state index contributed by atoms with van der Waals surface area (Å²) in [5.41, 5.74) is 0. The fourth-order valence-corrected chi connectivity index (χ4v) is 4.49. The zero-order chi connectivity index (χ0) is 20.1. The van der Waals surface area contributed by atoms with Gasteiger partial charge in [-0.1, -0.05) is 77.6 Å². The number of hydrogen-bond donors (Lipinski definition) is 4. The predicted octanol–water partition coefficient (Wildman–Crippen LogP) is 4.27. The van der Waals surface area contributed by atoms with Crippen LogP contribution in [0.15, 0.2) is 0 Å². The van der Waals surface area contributed by atoms with Crippen molar-refractivity contribution in [2.24, 2.45) is 11.8 Å². The van der Waals surface area contributed by atoms with Gasteiger partial charge in [0.15, 0.2) is 6.10 Å². The summed E-state index contributed by atoms with van der Waals surface area (Å²) < 4.78 is 0. The molecule has 3 unspecified atom stereocenters. The van der Waals surface area contributed by atoms with Crippen molar-refractivity contribution in [3.63, 3.8) is 0 Å². The van der Waals surface area contributed by atoms with Crippen molar-refractivity contribution in [3.8, 4) is 0 Å². The Kier molecular flexibility index (Phi) is 13.0. The van der Waals surface area contributed by atoms with Gasteiger partial charge in [0.1, 0.15) is 0 Å². The van der Waals surface area contributed by atoms with Crippen LogP contribution in [-0.4, -0.2) is 44.7 Å². The van der Waals surface area contributed by atoms with Gasteiger partial charge in [-0.2, -0.15) is 0 Å². The van der Waals surface area contributed by atoms with Crippen LogP contribution >= 0.6 is 0 Å². The Morgan fingerprint density at radius 2 is 1.48 bits per heavy atom. The third-order valence-corrected chi connectivity index (χ3v) is 6.27. The fraction of sp³-hybridized carbons (Fsp3) is 0.955. The van der Waals surface area contributed by atoms with E-state index in [2.05, 4.69) is 6.92 Å². The molecular formula is C22H42O5. The first-order valence-electron chi connectivity index (χ1n) is 11.2. The van der Waals surface area contributed by atoms with Crippen molar-refractivity contribution in [1.82, 2.24) is 0 Å². The highest BCUT2D eigenvalue weighted by atomic mass is 16.4. The molecule has 1 aliphatic rings. The van der Waals surface area contributed by atoms with Gasteiger partial charge < -0.3 is 20.4 Å². The molecular weight excluding hydrogens is 344 g/mol. The number of carboxylic acids is 1. The maximum Gasteiger partial charge on any atom is 0.335 e. The minimum absolute atomic E-state index is 0.152. The zero-order valence-corrected chi connectivity index (χ0v) is 17.2. The molecule has 0 heterocycles. The summed E-state index contributed by atoms with van der Waals surface area (Å²) in [6.45, 7) is 2.22. The number of carboxylic acid groups (broad SMARTS) is 1. The van der Waals surface area contributed by atoms with E-state index in [4.69, 9.17) is 5.11 Å². The molecule has 5 nitrogen and oxygen atoms in total. The normalized spacial score (nSPS) is 23.3. The average Bonchev–Trinajstić information content (AvgIpc) is 3.09. The van der Waals surface area contributed by atoms with E-state index in [9.17, 15) is 20.1 Å². The summed E-state index contributed by atoms with van der Waals surface area (Å²) >= 11 is 0. The molecule has 27 heavy (non-hydrogen) atoms. The van der Waals surface area contributed by atoms with E-state index < -0.39 is 18.2 Å². The van der Waals surface area contributed by atoms with E-state index in [1.165, 1.54) is 44.9 Å². The Bertz CT molecular complexity index is 387. The van der Waals surface area contributed by atoms with Gasteiger partial charge in [0.05, 0.1) is 12.2 Å². The van der Waals surface area contributed by atoms with Crippen molar-refractivity contribution in [3.05, 3.63) is 0 Å². The third kappa shape index (κ3) is 10.5. The van der Waals surface area contributed by atoms with E-state index in [1.807, 2.05) is 0 Å². The monoisotopic (exact) mass is 386 g/mol. The highest BCUT2D eigenvalue weighted by Crippen LogP contribution is 2.38. The Morgan fingerprint density at radius 3 is 2.15 bits per heavy atom. The predicted molar refractivity (Wildman–Crippen MR) is 108 cm³/mol. The van der Waals surface area contributed by atoms with Gasteiger partial charge in [-0.15, -0.1) is 0 Å². The van der Waals surface area contributed by atoms with E-state index in [0.717, 1.165) is 44.9 Å². The number of carbonyl (C=O) groups is 1. The van der Waals surface area contributed by atoms with E-state index >= 15 is 0 Å². The van der Waals surface area contributed by atoms with Gasteiger partial charge in [-0.3, -0.25) is 0 Å². The van der Waals surface area contributed by atoms with Crippen molar-refractivity contribution < 1.29 is 25.2 Å². The minimum Gasteiger partial charge on any atom is -0.479 e. The topological polar surface area (TPSA) is 98.0 Å². The van der Waals surface area contributed by atoms with Crippen LogP contribution < -0.4 is 0 Å². The van der Waals surface area contributed by atoms with Gasteiger partial charge in [0.2, 0.25) is 0 Å². The highest BCUT2D eigenvalue weighted by molar-refractivity contribution is 5.72. The molecule has 0 radical (unpaired) electrons. The number of aliphatic carboxylic acids is 1. The molecule has 0 saturated heterocycles. The van der Waals surface area contributed by atoms with Gasteiger partial charge in [-0.05, 0) is 37.5 Å². The van der Waals surface area contributed by atoms with Crippen LogP contribution in [0.3, 0.4) is 0 Å². The summed E-state index contributed by atoms with van der Waals surface area (Å²) in [7, 11) is 0. The maximum atomic E-state index is 10.6. The summed E-state index contributed by atoms with van der Waals surface area (Å²) in [4.78, 5) is 10.6. The summed E-state index contributed by atoms with van der Waals surface area (Å²) in [5, 5.41) is 37.8. The second-order valence-electron chi connectivity index (χ2n) is 8.52. The molecule has 0 aromatic heterocycles. The van der Waals surface area contributed by atoms with Crippen molar-refractivity contribution in [2.45, 2.75) is 122 Å². The van der Waals surface area contributed by atoms with Crippen LogP contribution in [0, 0.1) is 11.8 Å². The van der Waals surface area contributed by atoms with Crippen LogP contribution in [0.5, 0.6) is 0 Å². The molecule has 0 bridgehead atoms. The lowest BCUT2D eigenvalue weighted by Crippen LogP contribution is -2.33. The highest BCUT2D eigenvalue weighted by Gasteiger charge is 2.27. The van der Waals surface area contributed by atoms with E-state index in [-0.39, 0.29) is 6.10 Å². The first-order chi connectivity index (χ1) is 13.0. The molecule has 5 heteroatoms. The smallest absolute Gasteiger partial charge is 0.335 e. The summed E-state index contributed by atoms with van der Waals surface area (Å²) in [6.07, 6.45) is 13.1. The first-order valence-corrected chi connectivity index (χ1v) is 11.2. The maximum absolute atomic E-state index is 10.6. The Balaban J connectivity index is 2.13. The summed E-state index contributed by atoms with van der Waals surface area (Å²) in [5.74, 6) is 0.0415. The lowest BCUT2D eigenvalue weighted by molar-refractivity contribution is -0.153. The number of unbranched alkanes of at least 4 members (excludes halogenated alkanes) is 5. The molecule has 4 N–H and O–H groups in total. The standard InChI is InChI=1S/C22H42O5/c1-2-3-4-5-6-13-19(23)16-15-18-12-9-11-17(18)10-7-8-14-20(24)21(25)22(26)27/h17-21,23-25H,2-16H2,1H3,(H,26,27)/t17-,18+,19?,20?,21?/m0/s1. The molecule has 0 aromatic rings.